The highest BCUT2D eigenvalue weighted by molar-refractivity contribution is 5.28. The molecule has 0 radical (unpaired) electrons. The van der Waals surface area contributed by atoms with Crippen LogP contribution >= 0.6 is 0 Å². The molecule has 2 unspecified atom stereocenters. The van der Waals surface area contributed by atoms with Gasteiger partial charge >= 0.3 is 0 Å². The van der Waals surface area contributed by atoms with E-state index < -0.39 is 6.29 Å². The van der Waals surface area contributed by atoms with Gasteiger partial charge in [0.25, 0.3) is 0 Å². The van der Waals surface area contributed by atoms with Crippen molar-refractivity contribution in [1.29, 1.82) is 0 Å². The van der Waals surface area contributed by atoms with E-state index in [0.29, 0.717) is 0 Å². The van der Waals surface area contributed by atoms with E-state index in [1.165, 1.54) is 0 Å². The molecule has 1 aliphatic rings. The number of methoxy groups -OCH3 is 1. The van der Waals surface area contributed by atoms with E-state index in [2.05, 4.69) is 0 Å². The van der Waals surface area contributed by atoms with Gasteiger partial charge in [0.1, 0.15) is 5.75 Å². The first-order valence-corrected chi connectivity index (χ1v) is 4.77. The number of hydrogen-bond donors (Lipinski definition) is 1. The van der Waals surface area contributed by atoms with Gasteiger partial charge in [0.2, 0.25) is 0 Å². The molecule has 0 bridgehead atoms. The minimum Gasteiger partial charge on any atom is -0.497 e. The second kappa shape index (κ2) is 3.98. The van der Waals surface area contributed by atoms with Gasteiger partial charge in [-0.25, -0.2) is 0 Å². The zero-order valence-corrected chi connectivity index (χ0v) is 8.14. The molecule has 0 aliphatic carbocycles. The van der Waals surface area contributed by atoms with Gasteiger partial charge in [0.15, 0.2) is 6.29 Å². The first-order chi connectivity index (χ1) is 6.79. The highest BCUT2D eigenvalue weighted by Gasteiger charge is 2.24. The number of ether oxygens (including phenoxy) is 2. The molecular formula is C11H14O3. The number of benzene rings is 1. The van der Waals surface area contributed by atoms with Gasteiger partial charge in [-0.2, -0.15) is 0 Å². The van der Waals surface area contributed by atoms with E-state index in [0.717, 1.165) is 24.2 Å². The summed E-state index contributed by atoms with van der Waals surface area (Å²) in [7, 11) is 1.64. The summed E-state index contributed by atoms with van der Waals surface area (Å²) in [5, 5.41) is 9.21. The van der Waals surface area contributed by atoms with E-state index >= 15 is 0 Å². The Kier molecular flexibility index (Phi) is 2.70. The van der Waals surface area contributed by atoms with Gasteiger partial charge in [0.05, 0.1) is 13.2 Å². The fourth-order valence-electron chi connectivity index (χ4n) is 1.68. The highest BCUT2D eigenvalue weighted by Crippen LogP contribution is 2.32. The molecule has 0 saturated carbocycles. The molecule has 0 amide bonds. The van der Waals surface area contributed by atoms with Gasteiger partial charge in [0, 0.05) is 6.42 Å². The van der Waals surface area contributed by atoms with Crippen LogP contribution in [0.5, 0.6) is 5.75 Å². The zero-order chi connectivity index (χ0) is 9.97. The van der Waals surface area contributed by atoms with Gasteiger partial charge < -0.3 is 14.6 Å². The maximum atomic E-state index is 9.21. The maximum absolute atomic E-state index is 9.21. The summed E-state index contributed by atoms with van der Waals surface area (Å²) in [6.45, 7) is 0. The van der Waals surface area contributed by atoms with Crippen molar-refractivity contribution in [3.63, 3.8) is 0 Å². The summed E-state index contributed by atoms with van der Waals surface area (Å²) in [5.74, 6) is 0.840. The first-order valence-electron chi connectivity index (χ1n) is 4.77. The second-order valence-corrected chi connectivity index (χ2v) is 3.43. The Morgan fingerprint density at radius 2 is 2.00 bits per heavy atom. The van der Waals surface area contributed by atoms with Crippen LogP contribution < -0.4 is 4.74 Å². The van der Waals surface area contributed by atoms with Crippen LogP contribution in [0, 0.1) is 0 Å². The number of rotatable bonds is 2. The van der Waals surface area contributed by atoms with Crippen molar-refractivity contribution in [1.82, 2.24) is 0 Å². The summed E-state index contributed by atoms with van der Waals surface area (Å²) in [4.78, 5) is 0. The third-order valence-corrected chi connectivity index (χ3v) is 2.48. The molecule has 76 valence electrons. The molecule has 1 saturated heterocycles. The SMILES string of the molecule is COc1ccc(C2CCC(O)O2)cc1. The molecule has 1 N–H and O–H groups in total. The fourth-order valence-corrected chi connectivity index (χ4v) is 1.68. The van der Waals surface area contributed by atoms with Gasteiger partial charge in [-0.1, -0.05) is 12.1 Å². The topological polar surface area (TPSA) is 38.7 Å². The summed E-state index contributed by atoms with van der Waals surface area (Å²) in [5.41, 5.74) is 1.10. The Hall–Kier alpha value is -1.06. The minimum atomic E-state index is -0.595. The van der Waals surface area contributed by atoms with Crippen molar-refractivity contribution in [3.8, 4) is 5.75 Å². The average molecular weight is 194 g/mol. The lowest BCUT2D eigenvalue weighted by Gasteiger charge is -2.11. The predicted octanol–water partition coefficient (Wildman–Crippen LogP) is 1.87. The van der Waals surface area contributed by atoms with Crippen LogP contribution in [0.2, 0.25) is 0 Å². The normalized spacial score (nSPS) is 26.4. The van der Waals surface area contributed by atoms with E-state index in [1.54, 1.807) is 7.11 Å². The lowest BCUT2D eigenvalue weighted by atomic mass is 10.1. The largest absolute Gasteiger partial charge is 0.497 e. The maximum Gasteiger partial charge on any atom is 0.155 e. The van der Waals surface area contributed by atoms with Crippen molar-refractivity contribution in [3.05, 3.63) is 29.8 Å². The third-order valence-electron chi connectivity index (χ3n) is 2.48. The van der Waals surface area contributed by atoms with Crippen LogP contribution in [-0.4, -0.2) is 18.5 Å². The van der Waals surface area contributed by atoms with Crippen molar-refractivity contribution < 1.29 is 14.6 Å². The summed E-state index contributed by atoms with van der Waals surface area (Å²) in [6.07, 6.45) is 1.04. The second-order valence-electron chi connectivity index (χ2n) is 3.43. The molecule has 1 fully saturated rings. The molecule has 2 atom stereocenters. The Morgan fingerprint density at radius 3 is 2.50 bits per heavy atom. The monoisotopic (exact) mass is 194 g/mol. The van der Waals surface area contributed by atoms with Gasteiger partial charge in [-0.3, -0.25) is 0 Å². The molecular weight excluding hydrogens is 180 g/mol. The standard InChI is InChI=1S/C11H14O3/c1-13-9-4-2-8(3-5-9)10-6-7-11(12)14-10/h2-5,10-12H,6-7H2,1H3. The van der Waals surface area contributed by atoms with Crippen molar-refractivity contribution in [2.45, 2.75) is 25.2 Å². The minimum absolute atomic E-state index is 0.0379. The Balaban J connectivity index is 2.09. The molecule has 1 aromatic carbocycles. The van der Waals surface area contributed by atoms with Crippen molar-refractivity contribution >= 4 is 0 Å². The molecule has 0 aromatic heterocycles. The Morgan fingerprint density at radius 1 is 1.29 bits per heavy atom. The summed E-state index contributed by atoms with van der Waals surface area (Å²) >= 11 is 0. The van der Waals surface area contributed by atoms with E-state index in [9.17, 15) is 5.11 Å². The smallest absolute Gasteiger partial charge is 0.155 e. The first kappa shape index (κ1) is 9.49. The number of aliphatic hydroxyl groups excluding tert-OH is 1. The molecule has 1 aliphatic heterocycles. The molecule has 0 spiro atoms. The Labute approximate surface area is 83.3 Å². The van der Waals surface area contributed by atoms with Gasteiger partial charge in [-0.05, 0) is 24.1 Å². The van der Waals surface area contributed by atoms with Crippen LogP contribution in [0.3, 0.4) is 0 Å². The van der Waals surface area contributed by atoms with Crippen LogP contribution in [0.4, 0.5) is 0 Å². The summed E-state index contributed by atoms with van der Waals surface area (Å²) < 4.78 is 10.4. The van der Waals surface area contributed by atoms with Crippen LogP contribution in [0.15, 0.2) is 24.3 Å². The highest BCUT2D eigenvalue weighted by atomic mass is 16.6. The lowest BCUT2D eigenvalue weighted by molar-refractivity contribution is -0.0913. The van der Waals surface area contributed by atoms with Gasteiger partial charge in [-0.15, -0.1) is 0 Å². The lowest BCUT2D eigenvalue weighted by Crippen LogP contribution is -2.03. The zero-order valence-electron chi connectivity index (χ0n) is 8.14. The number of hydrogen-bond acceptors (Lipinski definition) is 3. The third kappa shape index (κ3) is 1.89. The van der Waals surface area contributed by atoms with Crippen molar-refractivity contribution in [2.24, 2.45) is 0 Å². The molecule has 14 heavy (non-hydrogen) atoms. The fraction of sp³-hybridized carbons (Fsp3) is 0.455. The van der Waals surface area contributed by atoms with E-state index in [4.69, 9.17) is 9.47 Å². The molecule has 1 heterocycles. The molecule has 3 heteroatoms. The van der Waals surface area contributed by atoms with Crippen molar-refractivity contribution in [2.75, 3.05) is 7.11 Å². The molecule has 1 aromatic rings. The van der Waals surface area contributed by atoms with Crippen LogP contribution in [0.1, 0.15) is 24.5 Å². The van der Waals surface area contributed by atoms with Crippen LogP contribution in [-0.2, 0) is 4.74 Å². The average Bonchev–Trinajstić information content (AvgIpc) is 2.65. The number of aliphatic hydroxyl groups is 1. The van der Waals surface area contributed by atoms with E-state index in [-0.39, 0.29) is 6.10 Å². The molecule has 2 rings (SSSR count). The Bertz CT molecular complexity index is 294. The predicted molar refractivity (Wildman–Crippen MR) is 52.1 cm³/mol. The molecule has 3 nitrogen and oxygen atoms in total. The quantitative estimate of drug-likeness (QED) is 0.781. The van der Waals surface area contributed by atoms with E-state index in [1.807, 2.05) is 24.3 Å². The summed E-state index contributed by atoms with van der Waals surface area (Å²) in [6, 6.07) is 7.76. The van der Waals surface area contributed by atoms with Crippen LogP contribution in [0.25, 0.3) is 0 Å².